The molecule has 0 bridgehead atoms. The lowest BCUT2D eigenvalue weighted by Gasteiger charge is -2.10. The van der Waals surface area contributed by atoms with E-state index in [1.54, 1.807) is 22.9 Å². The van der Waals surface area contributed by atoms with Crippen LogP contribution in [0.4, 0.5) is 11.6 Å². The highest BCUT2D eigenvalue weighted by Crippen LogP contribution is 2.31. The highest BCUT2D eigenvalue weighted by Gasteiger charge is 2.24. The number of hydrogen-bond acceptors (Lipinski definition) is 6. The molecular formula is C11H10N4O2S2. The number of aromatic nitrogens is 2. The van der Waals surface area contributed by atoms with Gasteiger partial charge in [0.15, 0.2) is 0 Å². The Morgan fingerprint density at radius 3 is 3.00 bits per heavy atom. The Morgan fingerprint density at radius 2 is 2.32 bits per heavy atom. The van der Waals surface area contributed by atoms with Gasteiger partial charge in [0.1, 0.15) is 6.20 Å². The molecule has 6 nitrogen and oxygen atoms in total. The summed E-state index contributed by atoms with van der Waals surface area (Å²) in [4.78, 5) is 16.8. The molecule has 0 saturated heterocycles. The van der Waals surface area contributed by atoms with Gasteiger partial charge >= 0.3 is 5.82 Å². The molecule has 0 aliphatic carbocycles. The lowest BCUT2D eigenvalue weighted by atomic mass is 10.3. The zero-order valence-corrected chi connectivity index (χ0v) is 11.6. The van der Waals surface area contributed by atoms with E-state index in [-0.39, 0.29) is 11.9 Å². The van der Waals surface area contributed by atoms with Gasteiger partial charge in [0.2, 0.25) is 5.82 Å². The molecular weight excluding hydrogens is 284 g/mol. The van der Waals surface area contributed by atoms with Gasteiger partial charge in [-0.2, -0.15) is 9.38 Å². The number of rotatable bonds is 4. The van der Waals surface area contributed by atoms with Crippen molar-refractivity contribution in [2.24, 2.45) is 0 Å². The summed E-state index contributed by atoms with van der Waals surface area (Å²) in [6.07, 6.45) is 1.66. The smallest absolute Gasteiger partial charge is 0.358 e. The number of anilines is 1. The van der Waals surface area contributed by atoms with Crippen molar-refractivity contribution in [3.05, 3.63) is 44.1 Å². The molecule has 0 amide bonds. The monoisotopic (exact) mass is 294 g/mol. The molecule has 3 rings (SSSR count). The number of nitro groups is 1. The minimum Gasteiger partial charge on any atom is -0.358 e. The summed E-state index contributed by atoms with van der Waals surface area (Å²) in [6, 6.07) is 3.94. The van der Waals surface area contributed by atoms with Gasteiger partial charge < -0.3 is 15.4 Å². The highest BCUT2D eigenvalue weighted by molar-refractivity contribution is 7.15. The average Bonchev–Trinajstić information content (AvgIpc) is 3.03. The summed E-state index contributed by atoms with van der Waals surface area (Å²) >= 11 is 2.98. The molecule has 0 aromatic carbocycles. The van der Waals surface area contributed by atoms with Crippen molar-refractivity contribution in [2.75, 3.05) is 5.32 Å². The number of nitrogens with one attached hydrogen (secondary N) is 1. The molecule has 0 saturated carbocycles. The van der Waals surface area contributed by atoms with Crippen LogP contribution >= 0.6 is 22.7 Å². The van der Waals surface area contributed by atoms with Crippen LogP contribution in [0.3, 0.4) is 0 Å². The second kappa shape index (κ2) is 4.63. The van der Waals surface area contributed by atoms with Crippen LogP contribution in [-0.2, 0) is 0 Å². The first-order chi connectivity index (χ1) is 9.16. The van der Waals surface area contributed by atoms with Crippen molar-refractivity contribution in [3.63, 3.8) is 0 Å². The lowest BCUT2D eigenvalue weighted by Crippen LogP contribution is -2.07. The first-order valence-corrected chi connectivity index (χ1v) is 7.32. The van der Waals surface area contributed by atoms with E-state index in [4.69, 9.17) is 0 Å². The number of imidazole rings is 1. The zero-order chi connectivity index (χ0) is 13.4. The van der Waals surface area contributed by atoms with Gasteiger partial charge in [-0.25, -0.2) is 0 Å². The van der Waals surface area contributed by atoms with Crippen LogP contribution in [0.1, 0.15) is 17.8 Å². The minimum atomic E-state index is -0.407. The van der Waals surface area contributed by atoms with Gasteiger partial charge in [-0.3, -0.25) is 0 Å². The molecule has 19 heavy (non-hydrogen) atoms. The Labute approximate surface area is 116 Å². The Kier molecular flexibility index (Phi) is 2.96. The van der Waals surface area contributed by atoms with Gasteiger partial charge in [-0.15, -0.1) is 11.3 Å². The van der Waals surface area contributed by atoms with E-state index < -0.39 is 4.92 Å². The van der Waals surface area contributed by atoms with E-state index in [2.05, 4.69) is 10.3 Å². The van der Waals surface area contributed by atoms with E-state index >= 15 is 0 Å². The minimum absolute atomic E-state index is 0.0108. The summed E-state index contributed by atoms with van der Waals surface area (Å²) in [7, 11) is 0. The molecule has 1 atom stereocenters. The van der Waals surface area contributed by atoms with Crippen LogP contribution in [0.2, 0.25) is 0 Å². The molecule has 3 heterocycles. The van der Waals surface area contributed by atoms with E-state index in [9.17, 15) is 10.1 Å². The molecule has 3 aromatic rings. The van der Waals surface area contributed by atoms with Gasteiger partial charge in [0.25, 0.3) is 4.96 Å². The van der Waals surface area contributed by atoms with Crippen LogP contribution in [0, 0.1) is 10.1 Å². The molecule has 0 fully saturated rings. The lowest BCUT2D eigenvalue weighted by molar-refractivity contribution is -0.389. The Bertz CT molecular complexity index is 716. The SMILES string of the molecule is CC(Nc1nc2sccn2c1[N+](=O)[O-])c1cccs1. The third-order valence-corrected chi connectivity index (χ3v) is 4.54. The maximum absolute atomic E-state index is 11.2. The summed E-state index contributed by atoms with van der Waals surface area (Å²) in [5.41, 5.74) is 0. The van der Waals surface area contributed by atoms with Gasteiger partial charge in [-0.05, 0) is 23.3 Å². The second-order valence-electron chi connectivity index (χ2n) is 3.98. The summed E-state index contributed by atoms with van der Waals surface area (Å²) < 4.78 is 1.49. The molecule has 1 unspecified atom stereocenters. The molecule has 0 radical (unpaired) electrons. The predicted molar refractivity (Wildman–Crippen MR) is 76.1 cm³/mol. The zero-order valence-electron chi connectivity index (χ0n) is 9.94. The fourth-order valence-corrected chi connectivity index (χ4v) is 3.30. The predicted octanol–water partition coefficient (Wildman–Crippen LogP) is 3.54. The third kappa shape index (κ3) is 2.08. The number of thiazole rings is 1. The number of fused-ring (bicyclic) bond motifs is 1. The van der Waals surface area contributed by atoms with E-state index in [1.165, 1.54) is 15.7 Å². The van der Waals surface area contributed by atoms with E-state index in [0.717, 1.165) is 4.88 Å². The summed E-state index contributed by atoms with van der Waals surface area (Å²) in [6.45, 7) is 1.96. The van der Waals surface area contributed by atoms with Crippen molar-refractivity contribution in [3.8, 4) is 0 Å². The Balaban J connectivity index is 1.98. The molecule has 0 aliphatic heterocycles. The molecule has 1 N–H and O–H groups in total. The van der Waals surface area contributed by atoms with E-state index in [0.29, 0.717) is 10.8 Å². The third-order valence-electron chi connectivity index (χ3n) is 2.73. The maximum Gasteiger partial charge on any atom is 0.372 e. The first kappa shape index (κ1) is 12.1. The topological polar surface area (TPSA) is 72.5 Å². The fraction of sp³-hybridized carbons (Fsp3) is 0.182. The van der Waals surface area contributed by atoms with Gasteiger partial charge in [0, 0.05) is 10.3 Å². The van der Waals surface area contributed by atoms with Crippen LogP contribution < -0.4 is 5.32 Å². The van der Waals surface area contributed by atoms with Gasteiger partial charge in [0.05, 0.1) is 6.04 Å². The standard InChI is InChI=1S/C11H10N4O2S2/c1-7(8-3-2-5-18-8)12-9-10(15(16)17)14-4-6-19-11(14)13-9/h2-7,12H,1H3. The molecule has 98 valence electrons. The number of nitrogens with zero attached hydrogens (tertiary/aromatic N) is 3. The quantitative estimate of drug-likeness (QED) is 0.590. The largest absolute Gasteiger partial charge is 0.372 e. The number of hydrogen-bond donors (Lipinski definition) is 1. The number of thiophene rings is 1. The second-order valence-corrected chi connectivity index (χ2v) is 5.83. The summed E-state index contributed by atoms with van der Waals surface area (Å²) in [5.74, 6) is 0.303. The van der Waals surface area contributed by atoms with Crippen LogP contribution in [0.25, 0.3) is 4.96 Å². The first-order valence-electron chi connectivity index (χ1n) is 5.56. The van der Waals surface area contributed by atoms with E-state index in [1.807, 2.05) is 24.4 Å². The van der Waals surface area contributed by atoms with Crippen molar-refractivity contribution < 1.29 is 4.92 Å². The van der Waals surface area contributed by atoms with Crippen molar-refractivity contribution in [1.29, 1.82) is 0 Å². The molecule has 8 heteroatoms. The fourth-order valence-electron chi connectivity index (χ4n) is 1.86. The average molecular weight is 294 g/mol. The molecule has 3 aromatic heterocycles. The van der Waals surface area contributed by atoms with Crippen LogP contribution in [-0.4, -0.2) is 14.3 Å². The highest BCUT2D eigenvalue weighted by atomic mass is 32.1. The molecule has 0 spiro atoms. The molecule has 0 aliphatic rings. The van der Waals surface area contributed by atoms with Crippen molar-refractivity contribution in [2.45, 2.75) is 13.0 Å². The maximum atomic E-state index is 11.2. The van der Waals surface area contributed by atoms with Crippen molar-refractivity contribution >= 4 is 39.3 Å². The van der Waals surface area contributed by atoms with Crippen molar-refractivity contribution in [1.82, 2.24) is 9.38 Å². The van der Waals surface area contributed by atoms with Crippen LogP contribution in [0.5, 0.6) is 0 Å². The van der Waals surface area contributed by atoms with Gasteiger partial charge in [-0.1, -0.05) is 17.4 Å². The normalized spacial score (nSPS) is 12.7. The Morgan fingerprint density at radius 1 is 1.47 bits per heavy atom. The Hall–Kier alpha value is -1.93. The van der Waals surface area contributed by atoms with Crippen LogP contribution in [0.15, 0.2) is 29.1 Å². The summed E-state index contributed by atoms with van der Waals surface area (Å²) in [5, 5.41) is 18.0.